The Morgan fingerprint density at radius 3 is 2.45 bits per heavy atom. The normalized spacial score (nSPS) is 27.5. The summed E-state index contributed by atoms with van der Waals surface area (Å²) in [6, 6.07) is 6.71. The number of nitrogens with two attached hydrogens (primary N) is 1. The van der Waals surface area contributed by atoms with E-state index in [2.05, 4.69) is 5.32 Å². The number of hydrogen-bond donors (Lipinski definition) is 2. The second-order valence-electron chi connectivity index (χ2n) is 6.13. The van der Waals surface area contributed by atoms with Crippen LogP contribution in [0.2, 0.25) is 0 Å². The van der Waals surface area contributed by atoms with Crippen LogP contribution in [0.3, 0.4) is 0 Å². The zero-order valence-electron chi connectivity index (χ0n) is 11.5. The van der Waals surface area contributed by atoms with Crippen LogP contribution in [-0.2, 0) is 4.79 Å². The lowest BCUT2D eigenvalue weighted by Crippen LogP contribution is -2.20. The van der Waals surface area contributed by atoms with Crippen molar-refractivity contribution in [2.45, 2.75) is 32.1 Å². The molecular weight excluding hydrogens is 252 g/mol. The van der Waals surface area contributed by atoms with Gasteiger partial charge in [-0.05, 0) is 61.3 Å². The van der Waals surface area contributed by atoms with Gasteiger partial charge in [0.2, 0.25) is 11.8 Å². The summed E-state index contributed by atoms with van der Waals surface area (Å²) in [6.45, 7) is 0. The molecule has 2 aliphatic rings. The van der Waals surface area contributed by atoms with Crippen molar-refractivity contribution >= 4 is 17.5 Å². The van der Waals surface area contributed by atoms with Gasteiger partial charge in [0.15, 0.2) is 0 Å². The molecule has 4 heteroatoms. The molecule has 2 fully saturated rings. The molecule has 0 spiro atoms. The quantitative estimate of drug-likeness (QED) is 0.884. The van der Waals surface area contributed by atoms with Crippen LogP contribution in [0, 0.1) is 17.8 Å². The van der Waals surface area contributed by atoms with Crippen molar-refractivity contribution in [2.24, 2.45) is 23.5 Å². The highest BCUT2D eigenvalue weighted by Crippen LogP contribution is 2.49. The minimum absolute atomic E-state index is 0.0781. The number of fused-ring (bicyclic) bond motifs is 2. The molecule has 2 saturated carbocycles. The topological polar surface area (TPSA) is 72.2 Å². The molecule has 0 radical (unpaired) electrons. The van der Waals surface area contributed by atoms with Gasteiger partial charge in [-0.25, -0.2) is 0 Å². The SMILES string of the molecule is NC(=O)c1ccc(NC(=O)C[C@H]2C[C@H]3CC[C@@H]2C3)cc1. The van der Waals surface area contributed by atoms with Crippen molar-refractivity contribution in [3.05, 3.63) is 29.8 Å². The molecule has 0 aliphatic heterocycles. The summed E-state index contributed by atoms with van der Waals surface area (Å²) in [5.74, 6) is 1.83. The first-order chi connectivity index (χ1) is 9.61. The summed E-state index contributed by atoms with van der Waals surface area (Å²) in [5.41, 5.74) is 6.36. The third-order valence-corrected chi connectivity index (χ3v) is 4.79. The van der Waals surface area contributed by atoms with E-state index in [0.717, 1.165) is 17.5 Å². The Morgan fingerprint density at radius 2 is 1.90 bits per heavy atom. The second-order valence-corrected chi connectivity index (χ2v) is 6.13. The Balaban J connectivity index is 1.55. The molecule has 20 heavy (non-hydrogen) atoms. The average molecular weight is 272 g/mol. The molecule has 1 aromatic rings. The Bertz CT molecular complexity index is 524. The summed E-state index contributed by atoms with van der Waals surface area (Å²) >= 11 is 0. The zero-order valence-corrected chi connectivity index (χ0v) is 11.5. The van der Waals surface area contributed by atoms with Crippen molar-refractivity contribution in [3.63, 3.8) is 0 Å². The highest BCUT2D eigenvalue weighted by atomic mass is 16.2. The molecule has 3 rings (SSSR count). The predicted octanol–water partition coefficient (Wildman–Crippen LogP) is 2.55. The van der Waals surface area contributed by atoms with Gasteiger partial charge in [-0.1, -0.05) is 6.42 Å². The monoisotopic (exact) mass is 272 g/mol. The molecule has 2 aliphatic carbocycles. The second kappa shape index (κ2) is 5.27. The number of carbonyl (C=O) groups excluding carboxylic acids is 2. The maximum absolute atomic E-state index is 12.1. The molecule has 2 bridgehead atoms. The molecular formula is C16H20N2O2. The van der Waals surface area contributed by atoms with E-state index in [-0.39, 0.29) is 5.91 Å². The fourth-order valence-corrected chi connectivity index (χ4v) is 3.79. The molecule has 0 saturated heterocycles. The standard InChI is InChI=1S/C16H20N2O2/c17-16(20)11-3-5-14(6-4-11)18-15(19)9-13-8-10-1-2-12(13)7-10/h3-6,10,12-13H,1-2,7-9H2,(H2,17,20)(H,18,19)/t10-,12+,13+/m0/s1. The molecule has 4 nitrogen and oxygen atoms in total. The van der Waals surface area contributed by atoms with E-state index in [1.54, 1.807) is 24.3 Å². The van der Waals surface area contributed by atoms with E-state index in [9.17, 15) is 9.59 Å². The van der Waals surface area contributed by atoms with Crippen LogP contribution in [0.4, 0.5) is 5.69 Å². The summed E-state index contributed by atoms with van der Waals surface area (Å²) in [7, 11) is 0. The molecule has 0 heterocycles. The first-order valence-electron chi connectivity index (χ1n) is 7.31. The highest BCUT2D eigenvalue weighted by molar-refractivity contribution is 5.94. The summed E-state index contributed by atoms with van der Waals surface area (Å²) < 4.78 is 0. The minimum atomic E-state index is -0.454. The Kier molecular flexibility index (Phi) is 3.47. The van der Waals surface area contributed by atoms with Gasteiger partial charge in [-0.3, -0.25) is 9.59 Å². The van der Waals surface area contributed by atoms with Crippen LogP contribution >= 0.6 is 0 Å². The van der Waals surface area contributed by atoms with E-state index in [0.29, 0.717) is 17.9 Å². The Labute approximate surface area is 118 Å². The van der Waals surface area contributed by atoms with Gasteiger partial charge in [0.25, 0.3) is 0 Å². The molecule has 2 amide bonds. The predicted molar refractivity (Wildman–Crippen MR) is 77.1 cm³/mol. The lowest BCUT2D eigenvalue weighted by Gasteiger charge is -2.20. The van der Waals surface area contributed by atoms with Crippen molar-refractivity contribution in [2.75, 3.05) is 5.32 Å². The van der Waals surface area contributed by atoms with Crippen molar-refractivity contribution in [1.29, 1.82) is 0 Å². The maximum Gasteiger partial charge on any atom is 0.248 e. The molecule has 3 N–H and O–H groups in total. The number of anilines is 1. The molecule has 106 valence electrons. The van der Waals surface area contributed by atoms with Gasteiger partial charge < -0.3 is 11.1 Å². The smallest absolute Gasteiger partial charge is 0.248 e. The van der Waals surface area contributed by atoms with E-state index in [1.807, 2.05) is 0 Å². The third kappa shape index (κ3) is 2.69. The van der Waals surface area contributed by atoms with Crippen molar-refractivity contribution in [1.82, 2.24) is 0 Å². The number of benzene rings is 1. The van der Waals surface area contributed by atoms with E-state index < -0.39 is 5.91 Å². The van der Waals surface area contributed by atoms with E-state index in [1.165, 1.54) is 25.7 Å². The van der Waals surface area contributed by atoms with Crippen LogP contribution in [0.5, 0.6) is 0 Å². The van der Waals surface area contributed by atoms with Crippen LogP contribution in [0.1, 0.15) is 42.5 Å². The number of hydrogen-bond acceptors (Lipinski definition) is 2. The largest absolute Gasteiger partial charge is 0.366 e. The summed E-state index contributed by atoms with van der Waals surface area (Å²) in [5, 5.41) is 2.90. The van der Waals surface area contributed by atoms with Crippen LogP contribution in [0.25, 0.3) is 0 Å². The van der Waals surface area contributed by atoms with Gasteiger partial charge in [0, 0.05) is 17.7 Å². The number of amides is 2. The minimum Gasteiger partial charge on any atom is -0.366 e. The Hall–Kier alpha value is -1.84. The van der Waals surface area contributed by atoms with Crippen molar-refractivity contribution < 1.29 is 9.59 Å². The van der Waals surface area contributed by atoms with Gasteiger partial charge in [-0.2, -0.15) is 0 Å². The third-order valence-electron chi connectivity index (χ3n) is 4.79. The molecule has 0 unspecified atom stereocenters. The van der Waals surface area contributed by atoms with Crippen LogP contribution in [0.15, 0.2) is 24.3 Å². The Morgan fingerprint density at radius 1 is 1.15 bits per heavy atom. The number of rotatable bonds is 4. The van der Waals surface area contributed by atoms with Gasteiger partial charge in [0.05, 0.1) is 0 Å². The van der Waals surface area contributed by atoms with Crippen LogP contribution in [-0.4, -0.2) is 11.8 Å². The highest BCUT2D eigenvalue weighted by Gasteiger charge is 2.40. The molecule has 0 aromatic heterocycles. The number of primary amides is 1. The zero-order chi connectivity index (χ0) is 14.1. The van der Waals surface area contributed by atoms with Crippen LogP contribution < -0.4 is 11.1 Å². The number of nitrogens with one attached hydrogen (secondary N) is 1. The number of carbonyl (C=O) groups is 2. The van der Waals surface area contributed by atoms with Gasteiger partial charge >= 0.3 is 0 Å². The lowest BCUT2D eigenvalue weighted by atomic mass is 9.86. The molecule has 3 atom stereocenters. The average Bonchev–Trinajstić information content (AvgIpc) is 3.01. The summed E-state index contributed by atoms with van der Waals surface area (Å²) in [6.07, 6.45) is 5.83. The maximum atomic E-state index is 12.1. The summed E-state index contributed by atoms with van der Waals surface area (Å²) in [4.78, 5) is 23.0. The first kappa shape index (κ1) is 13.2. The van der Waals surface area contributed by atoms with E-state index >= 15 is 0 Å². The fourth-order valence-electron chi connectivity index (χ4n) is 3.79. The van der Waals surface area contributed by atoms with Gasteiger partial charge in [-0.15, -0.1) is 0 Å². The molecule has 1 aromatic carbocycles. The lowest BCUT2D eigenvalue weighted by molar-refractivity contribution is -0.117. The van der Waals surface area contributed by atoms with Gasteiger partial charge in [0.1, 0.15) is 0 Å². The fraction of sp³-hybridized carbons (Fsp3) is 0.500. The van der Waals surface area contributed by atoms with Crippen molar-refractivity contribution in [3.8, 4) is 0 Å². The van der Waals surface area contributed by atoms with E-state index in [4.69, 9.17) is 5.73 Å². The first-order valence-corrected chi connectivity index (χ1v) is 7.31.